The molecule has 6 nitrogen and oxygen atoms in total. The van der Waals surface area contributed by atoms with Crippen LogP contribution < -0.4 is 9.64 Å². The van der Waals surface area contributed by atoms with Gasteiger partial charge in [-0.1, -0.05) is 30.3 Å². The zero-order valence-corrected chi connectivity index (χ0v) is 18.0. The summed E-state index contributed by atoms with van der Waals surface area (Å²) in [5, 5.41) is 1.06. The predicted molar refractivity (Wildman–Crippen MR) is 123 cm³/mol. The van der Waals surface area contributed by atoms with Gasteiger partial charge in [-0.25, -0.2) is 9.97 Å². The monoisotopic (exact) mass is 414 g/mol. The number of anilines is 1. The van der Waals surface area contributed by atoms with Gasteiger partial charge in [-0.2, -0.15) is 0 Å². The van der Waals surface area contributed by atoms with Crippen LogP contribution in [0.15, 0.2) is 67.1 Å². The smallest absolute Gasteiger partial charge is 0.150 e. The Labute approximate surface area is 182 Å². The molecule has 31 heavy (non-hydrogen) atoms. The molecule has 2 aromatic heterocycles. The van der Waals surface area contributed by atoms with Crippen molar-refractivity contribution in [2.75, 3.05) is 25.1 Å². The highest BCUT2D eigenvalue weighted by Crippen LogP contribution is 2.37. The molecular formula is C25H26N4O2. The lowest BCUT2D eigenvalue weighted by atomic mass is 10.1. The number of morpholine rings is 1. The minimum atomic E-state index is 0.151. The molecular weight excluding hydrogens is 388 g/mol. The maximum absolute atomic E-state index is 5.96. The Balaban J connectivity index is 1.73. The topological polar surface area (TPSA) is 52.4 Å². The Morgan fingerprint density at radius 1 is 0.935 bits per heavy atom. The van der Waals surface area contributed by atoms with Gasteiger partial charge in [0.05, 0.1) is 24.7 Å². The van der Waals surface area contributed by atoms with Crippen molar-refractivity contribution in [2.45, 2.75) is 26.1 Å². The largest absolute Gasteiger partial charge is 0.497 e. The average Bonchev–Trinajstić information content (AvgIpc) is 3.19. The molecule has 1 fully saturated rings. The number of benzene rings is 2. The fourth-order valence-electron chi connectivity index (χ4n) is 4.41. The van der Waals surface area contributed by atoms with Gasteiger partial charge in [-0.15, -0.1) is 0 Å². The van der Waals surface area contributed by atoms with Crippen LogP contribution in [0.3, 0.4) is 0 Å². The van der Waals surface area contributed by atoms with Gasteiger partial charge >= 0.3 is 0 Å². The lowest BCUT2D eigenvalue weighted by Gasteiger charge is -2.36. The molecule has 6 heteroatoms. The molecule has 0 unspecified atom stereocenters. The maximum Gasteiger partial charge on any atom is 0.150 e. The fraction of sp³-hybridized carbons (Fsp3) is 0.280. The van der Waals surface area contributed by atoms with Crippen LogP contribution >= 0.6 is 0 Å². The molecule has 0 amide bonds. The highest BCUT2D eigenvalue weighted by molar-refractivity contribution is 6.02. The fourth-order valence-corrected chi connectivity index (χ4v) is 4.41. The normalized spacial score (nSPS) is 19.0. The van der Waals surface area contributed by atoms with Crippen molar-refractivity contribution in [2.24, 2.45) is 0 Å². The second-order valence-corrected chi connectivity index (χ2v) is 8.04. The summed E-state index contributed by atoms with van der Waals surface area (Å²) >= 11 is 0. The average molecular weight is 415 g/mol. The van der Waals surface area contributed by atoms with Gasteiger partial charge in [-0.05, 0) is 43.7 Å². The first-order valence-electron chi connectivity index (χ1n) is 10.6. The van der Waals surface area contributed by atoms with E-state index < -0.39 is 0 Å². The SMILES string of the molecule is COc1ccc(-n2cc(-c3ccccc3)c3c(N4C[C@H](C)O[C@@H](C)C4)ncnc32)cc1. The molecule has 1 aliphatic rings. The van der Waals surface area contributed by atoms with Crippen LogP contribution in [0.4, 0.5) is 5.82 Å². The Hall–Kier alpha value is -3.38. The standard InChI is InChI=1S/C25H26N4O2/c1-17-13-28(14-18(2)31-17)24-23-22(19-7-5-4-6-8-19)15-29(25(23)27-16-26-24)20-9-11-21(30-3)12-10-20/h4-12,15-18H,13-14H2,1-3H3/t17-,18-/m0/s1. The lowest BCUT2D eigenvalue weighted by molar-refractivity contribution is -0.00537. The molecule has 0 spiro atoms. The summed E-state index contributed by atoms with van der Waals surface area (Å²) < 4.78 is 13.4. The van der Waals surface area contributed by atoms with Crippen molar-refractivity contribution in [1.29, 1.82) is 0 Å². The zero-order valence-electron chi connectivity index (χ0n) is 18.0. The van der Waals surface area contributed by atoms with E-state index in [0.717, 1.165) is 52.5 Å². The van der Waals surface area contributed by atoms with Crippen molar-refractivity contribution in [1.82, 2.24) is 14.5 Å². The van der Waals surface area contributed by atoms with E-state index in [0.29, 0.717) is 0 Å². The summed E-state index contributed by atoms with van der Waals surface area (Å²) in [5.41, 5.74) is 4.18. The van der Waals surface area contributed by atoms with Crippen molar-refractivity contribution in [3.05, 3.63) is 67.1 Å². The molecule has 0 radical (unpaired) electrons. The first-order chi connectivity index (χ1) is 15.1. The van der Waals surface area contributed by atoms with Crippen molar-refractivity contribution in [3.8, 4) is 22.6 Å². The maximum atomic E-state index is 5.96. The molecule has 3 heterocycles. The van der Waals surface area contributed by atoms with E-state index in [1.807, 2.05) is 30.3 Å². The molecule has 5 rings (SSSR count). The molecule has 1 saturated heterocycles. The minimum absolute atomic E-state index is 0.151. The second kappa shape index (κ2) is 8.04. The number of methoxy groups -OCH3 is 1. The highest BCUT2D eigenvalue weighted by Gasteiger charge is 2.27. The van der Waals surface area contributed by atoms with Gasteiger partial charge in [0.25, 0.3) is 0 Å². The van der Waals surface area contributed by atoms with Crippen LogP contribution in [0.1, 0.15) is 13.8 Å². The molecule has 158 valence electrons. The molecule has 0 bridgehead atoms. The first kappa shape index (κ1) is 19.6. The van der Waals surface area contributed by atoms with Crippen LogP contribution in [0, 0.1) is 0 Å². The lowest BCUT2D eigenvalue weighted by Crippen LogP contribution is -2.46. The van der Waals surface area contributed by atoms with E-state index in [4.69, 9.17) is 19.4 Å². The Morgan fingerprint density at radius 2 is 1.65 bits per heavy atom. The summed E-state index contributed by atoms with van der Waals surface area (Å²) in [7, 11) is 1.68. The van der Waals surface area contributed by atoms with Gasteiger partial charge in [0, 0.05) is 30.5 Å². The summed E-state index contributed by atoms with van der Waals surface area (Å²) in [6.45, 7) is 5.83. The predicted octanol–water partition coefficient (Wildman–Crippen LogP) is 4.71. The van der Waals surface area contributed by atoms with Gasteiger partial charge in [-0.3, -0.25) is 0 Å². The van der Waals surface area contributed by atoms with E-state index >= 15 is 0 Å². The molecule has 0 N–H and O–H groups in total. The first-order valence-corrected chi connectivity index (χ1v) is 10.6. The van der Waals surface area contributed by atoms with E-state index in [9.17, 15) is 0 Å². The minimum Gasteiger partial charge on any atom is -0.497 e. The number of hydrogen-bond donors (Lipinski definition) is 0. The van der Waals surface area contributed by atoms with Crippen LogP contribution in [0.5, 0.6) is 5.75 Å². The molecule has 0 aliphatic carbocycles. The number of fused-ring (bicyclic) bond motifs is 1. The van der Waals surface area contributed by atoms with E-state index in [2.05, 4.69) is 53.8 Å². The van der Waals surface area contributed by atoms with Crippen LogP contribution in [-0.2, 0) is 4.74 Å². The van der Waals surface area contributed by atoms with Crippen LogP contribution in [0.2, 0.25) is 0 Å². The summed E-state index contributed by atoms with van der Waals surface area (Å²) in [6, 6.07) is 18.5. The van der Waals surface area contributed by atoms with E-state index in [1.165, 1.54) is 0 Å². The summed E-state index contributed by atoms with van der Waals surface area (Å²) in [4.78, 5) is 11.8. The second-order valence-electron chi connectivity index (χ2n) is 8.04. The Bertz CT molecular complexity index is 1180. The zero-order chi connectivity index (χ0) is 21.4. The van der Waals surface area contributed by atoms with Gasteiger partial charge in [0.15, 0.2) is 5.65 Å². The van der Waals surface area contributed by atoms with E-state index in [-0.39, 0.29) is 12.2 Å². The third-order valence-corrected chi connectivity index (χ3v) is 5.72. The van der Waals surface area contributed by atoms with E-state index in [1.54, 1.807) is 13.4 Å². The Kier molecular flexibility index (Phi) is 5.08. The van der Waals surface area contributed by atoms with Gasteiger partial charge in [0.2, 0.25) is 0 Å². The molecule has 2 atom stereocenters. The quantitative estimate of drug-likeness (QED) is 0.484. The summed E-state index contributed by atoms with van der Waals surface area (Å²) in [6.07, 6.45) is 4.13. The molecule has 2 aromatic carbocycles. The third-order valence-electron chi connectivity index (χ3n) is 5.72. The highest BCUT2D eigenvalue weighted by atomic mass is 16.5. The number of ether oxygens (including phenoxy) is 2. The third kappa shape index (κ3) is 3.64. The van der Waals surface area contributed by atoms with Gasteiger partial charge in [0.1, 0.15) is 17.9 Å². The van der Waals surface area contributed by atoms with Crippen molar-refractivity contribution < 1.29 is 9.47 Å². The van der Waals surface area contributed by atoms with Crippen molar-refractivity contribution in [3.63, 3.8) is 0 Å². The molecule has 1 aliphatic heterocycles. The van der Waals surface area contributed by atoms with Crippen molar-refractivity contribution >= 4 is 16.9 Å². The van der Waals surface area contributed by atoms with Gasteiger partial charge < -0.3 is 18.9 Å². The number of rotatable bonds is 4. The number of aromatic nitrogens is 3. The number of hydrogen-bond acceptors (Lipinski definition) is 5. The molecule has 0 saturated carbocycles. The number of nitrogens with zero attached hydrogens (tertiary/aromatic N) is 4. The Morgan fingerprint density at radius 3 is 2.32 bits per heavy atom. The van der Waals surface area contributed by atoms with Crippen LogP contribution in [0.25, 0.3) is 27.8 Å². The summed E-state index contributed by atoms with van der Waals surface area (Å²) in [5.74, 6) is 1.79. The van der Waals surface area contributed by atoms with Crippen LogP contribution in [-0.4, -0.2) is 46.9 Å². The molecule has 4 aromatic rings.